The third-order valence-corrected chi connectivity index (χ3v) is 3.35. The minimum atomic E-state index is -4.63. The predicted molar refractivity (Wildman–Crippen MR) is 69.1 cm³/mol. The molecule has 1 aliphatic rings. The third kappa shape index (κ3) is 4.03. The van der Waals surface area contributed by atoms with Gasteiger partial charge in [0.25, 0.3) is 0 Å². The summed E-state index contributed by atoms with van der Waals surface area (Å²) in [7, 11) is 1.76. The van der Waals surface area contributed by atoms with Gasteiger partial charge in [0.2, 0.25) is 5.71 Å². The Bertz CT molecular complexity index is 444. The van der Waals surface area contributed by atoms with E-state index in [0.29, 0.717) is 12.1 Å². The first-order valence-corrected chi connectivity index (χ1v) is 6.37. The van der Waals surface area contributed by atoms with Crippen LogP contribution in [0.1, 0.15) is 26.7 Å². The van der Waals surface area contributed by atoms with Crippen LogP contribution in [0.4, 0.5) is 13.2 Å². The van der Waals surface area contributed by atoms with Crippen LogP contribution in [0, 0.1) is 16.0 Å². The molecule has 114 valence electrons. The van der Waals surface area contributed by atoms with Crippen molar-refractivity contribution in [2.45, 2.75) is 32.9 Å². The molecule has 20 heavy (non-hydrogen) atoms. The van der Waals surface area contributed by atoms with Gasteiger partial charge in [0.15, 0.2) is 0 Å². The Morgan fingerprint density at radius 3 is 2.55 bits per heavy atom. The molecular formula is C12H18F3N3O2. The van der Waals surface area contributed by atoms with Crippen molar-refractivity contribution in [2.24, 2.45) is 10.9 Å². The molecule has 1 aliphatic heterocycles. The molecule has 8 heteroatoms. The second-order valence-corrected chi connectivity index (χ2v) is 4.95. The zero-order valence-electron chi connectivity index (χ0n) is 11.7. The van der Waals surface area contributed by atoms with Crippen LogP contribution in [0.5, 0.6) is 0 Å². The number of nitro groups is 1. The van der Waals surface area contributed by atoms with Crippen molar-refractivity contribution >= 4 is 5.71 Å². The van der Waals surface area contributed by atoms with Gasteiger partial charge >= 0.3 is 12.0 Å². The first-order chi connectivity index (χ1) is 9.16. The fourth-order valence-electron chi connectivity index (χ4n) is 2.04. The molecule has 0 spiro atoms. The minimum Gasteiger partial charge on any atom is -0.358 e. The van der Waals surface area contributed by atoms with Crippen molar-refractivity contribution in [3.05, 3.63) is 21.5 Å². The highest BCUT2D eigenvalue weighted by molar-refractivity contribution is 5.92. The summed E-state index contributed by atoms with van der Waals surface area (Å²) in [6.07, 6.45) is -4.17. The number of halogens is 3. The lowest BCUT2D eigenvalue weighted by Gasteiger charge is -2.15. The van der Waals surface area contributed by atoms with E-state index in [1.807, 2.05) is 6.92 Å². The van der Waals surface area contributed by atoms with Crippen LogP contribution in [0.15, 0.2) is 16.4 Å². The van der Waals surface area contributed by atoms with E-state index in [2.05, 4.69) is 4.99 Å². The maximum absolute atomic E-state index is 12.9. The maximum atomic E-state index is 12.9. The zero-order valence-corrected chi connectivity index (χ0v) is 11.7. The first kappa shape index (κ1) is 16.6. The SMILES string of the molecule is CCN(C)CC1=C([N+](=O)[O-])N=C(C(F)(F)F)C(C)CC1. The molecule has 1 heterocycles. The predicted octanol–water partition coefficient (Wildman–Crippen LogP) is 2.86. The Labute approximate surface area is 115 Å². The summed E-state index contributed by atoms with van der Waals surface area (Å²) in [5.41, 5.74) is -0.705. The van der Waals surface area contributed by atoms with E-state index < -0.39 is 28.6 Å². The molecule has 0 bridgehead atoms. The van der Waals surface area contributed by atoms with Gasteiger partial charge in [-0.3, -0.25) is 0 Å². The molecule has 0 aliphatic carbocycles. The van der Waals surface area contributed by atoms with Gasteiger partial charge < -0.3 is 15.0 Å². The topological polar surface area (TPSA) is 58.7 Å². The average Bonchev–Trinajstić information content (AvgIpc) is 2.48. The normalized spacial score (nSPS) is 20.9. The number of nitrogens with zero attached hydrogens (tertiary/aromatic N) is 3. The van der Waals surface area contributed by atoms with E-state index in [-0.39, 0.29) is 19.4 Å². The molecule has 0 aromatic carbocycles. The fourth-order valence-corrected chi connectivity index (χ4v) is 2.04. The Morgan fingerprint density at radius 2 is 2.10 bits per heavy atom. The van der Waals surface area contributed by atoms with Gasteiger partial charge in [-0.25, -0.2) is 0 Å². The van der Waals surface area contributed by atoms with Crippen LogP contribution >= 0.6 is 0 Å². The minimum absolute atomic E-state index is 0.211. The van der Waals surface area contributed by atoms with E-state index in [4.69, 9.17) is 0 Å². The second kappa shape index (κ2) is 6.34. The molecule has 5 nitrogen and oxygen atoms in total. The average molecular weight is 293 g/mol. The molecule has 1 atom stereocenters. The van der Waals surface area contributed by atoms with Crippen molar-refractivity contribution in [1.29, 1.82) is 0 Å². The highest BCUT2D eigenvalue weighted by Gasteiger charge is 2.45. The van der Waals surface area contributed by atoms with Gasteiger partial charge in [-0.05, 0) is 36.3 Å². The fraction of sp³-hybridized carbons (Fsp3) is 0.750. The van der Waals surface area contributed by atoms with E-state index in [9.17, 15) is 23.3 Å². The van der Waals surface area contributed by atoms with Crippen LogP contribution in [0.25, 0.3) is 0 Å². The number of alkyl halides is 3. The number of hydrogen-bond donors (Lipinski definition) is 0. The summed E-state index contributed by atoms with van der Waals surface area (Å²) in [4.78, 5) is 15.3. The Morgan fingerprint density at radius 1 is 1.50 bits per heavy atom. The maximum Gasteiger partial charge on any atom is 0.454 e. The first-order valence-electron chi connectivity index (χ1n) is 6.37. The molecule has 1 unspecified atom stereocenters. The molecule has 0 saturated heterocycles. The number of aliphatic imine (C=N–C) groups is 1. The summed E-state index contributed by atoms with van der Waals surface area (Å²) in [6, 6.07) is 0. The van der Waals surface area contributed by atoms with E-state index in [0.717, 1.165) is 0 Å². The lowest BCUT2D eigenvalue weighted by atomic mass is 9.97. The highest BCUT2D eigenvalue weighted by atomic mass is 19.4. The van der Waals surface area contributed by atoms with Crippen LogP contribution in [-0.2, 0) is 0 Å². The van der Waals surface area contributed by atoms with Gasteiger partial charge in [0.05, 0.1) is 0 Å². The smallest absolute Gasteiger partial charge is 0.358 e. The van der Waals surface area contributed by atoms with Crippen LogP contribution in [-0.4, -0.2) is 41.8 Å². The van der Waals surface area contributed by atoms with Crippen LogP contribution in [0.2, 0.25) is 0 Å². The van der Waals surface area contributed by atoms with Crippen molar-refractivity contribution in [2.75, 3.05) is 20.1 Å². The Kier molecular flexibility index (Phi) is 5.27. The van der Waals surface area contributed by atoms with Gasteiger partial charge in [0.1, 0.15) is 0 Å². The number of likely N-dealkylation sites (N-methyl/N-ethyl adjacent to an activating group) is 1. The quantitative estimate of drug-likeness (QED) is 0.591. The summed E-state index contributed by atoms with van der Waals surface area (Å²) >= 11 is 0. The number of hydrogen-bond acceptors (Lipinski definition) is 4. The zero-order chi connectivity index (χ0) is 15.5. The highest BCUT2D eigenvalue weighted by Crippen LogP contribution is 2.31. The van der Waals surface area contributed by atoms with Gasteiger partial charge in [-0.2, -0.15) is 13.2 Å². The molecule has 0 fully saturated rings. The lowest BCUT2D eigenvalue weighted by Crippen LogP contribution is -2.29. The van der Waals surface area contributed by atoms with E-state index in [1.54, 1.807) is 11.9 Å². The third-order valence-electron chi connectivity index (χ3n) is 3.35. The van der Waals surface area contributed by atoms with Crippen molar-refractivity contribution in [1.82, 2.24) is 4.90 Å². The van der Waals surface area contributed by atoms with Gasteiger partial charge in [-0.15, -0.1) is 0 Å². The van der Waals surface area contributed by atoms with E-state index >= 15 is 0 Å². The summed E-state index contributed by atoms with van der Waals surface area (Å²) < 4.78 is 38.6. The summed E-state index contributed by atoms with van der Waals surface area (Å²) in [5, 5.41) is 11.0. The lowest BCUT2D eigenvalue weighted by molar-refractivity contribution is -0.427. The van der Waals surface area contributed by atoms with Crippen molar-refractivity contribution in [3.8, 4) is 0 Å². The second-order valence-electron chi connectivity index (χ2n) is 4.95. The Hall–Kier alpha value is -1.44. The molecule has 0 radical (unpaired) electrons. The van der Waals surface area contributed by atoms with Crippen LogP contribution < -0.4 is 0 Å². The van der Waals surface area contributed by atoms with E-state index in [1.165, 1.54) is 6.92 Å². The summed E-state index contributed by atoms with van der Waals surface area (Å²) in [6.45, 7) is 4.18. The standard InChI is InChI=1S/C12H18F3N3O2/c1-4-17(3)7-9-6-5-8(2)10(12(13,14)15)16-11(9)18(19)20/h8H,4-7H2,1-3H3. The van der Waals surface area contributed by atoms with Gasteiger partial charge in [-0.1, -0.05) is 13.8 Å². The Balaban J connectivity index is 3.24. The van der Waals surface area contributed by atoms with Gasteiger partial charge in [0, 0.05) is 18.0 Å². The van der Waals surface area contributed by atoms with Crippen molar-refractivity contribution < 1.29 is 18.1 Å². The summed E-state index contributed by atoms with van der Waals surface area (Å²) in [5.74, 6) is -1.49. The molecule has 1 rings (SSSR count). The molecule has 0 aromatic rings. The number of rotatable bonds is 4. The molecule has 0 saturated carbocycles. The van der Waals surface area contributed by atoms with Crippen LogP contribution in [0.3, 0.4) is 0 Å². The largest absolute Gasteiger partial charge is 0.454 e. The van der Waals surface area contributed by atoms with Crippen molar-refractivity contribution in [3.63, 3.8) is 0 Å². The molecule has 0 aromatic heterocycles. The molecular weight excluding hydrogens is 275 g/mol. The monoisotopic (exact) mass is 293 g/mol. The molecule has 0 amide bonds. The molecule has 0 N–H and O–H groups in total.